The molecule has 4 aromatic rings. The molecular weight excluding hydrogens is 579 g/mol. The Kier molecular flexibility index (Phi) is 8.07. The number of likely N-dealkylation sites (N-methyl/N-ethyl adjacent to an activating group) is 1. The number of carbonyl (C=O) groups is 2. The number of anilines is 1. The summed E-state index contributed by atoms with van der Waals surface area (Å²) in [6.07, 6.45) is -4.72. The molecule has 2 aromatic heterocycles. The lowest BCUT2D eigenvalue weighted by Crippen LogP contribution is -2.29. The highest BCUT2D eigenvalue weighted by molar-refractivity contribution is 9.10. The molecule has 4 rings (SSSR count). The van der Waals surface area contributed by atoms with E-state index in [9.17, 15) is 22.8 Å². The third kappa shape index (κ3) is 6.12. The molecule has 0 bridgehead atoms. The van der Waals surface area contributed by atoms with Crippen LogP contribution >= 0.6 is 15.9 Å². The summed E-state index contributed by atoms with van der Waals surface area (Å²) in [6, 6.07) is 12.2. The van der Waals surface area contributed by atoms with Gasteiger partial charge in [-0.3, -0.25) is 14.3 Å². The van der Waals surface area contributed by atoms with Gasteiger partial charge in [-0.1, -0.05) is 28.1 Å². The first-order valence-corrected chi connectivity index (χ1v) is 12.7. The van der Waals surface area contributed by atoms with Crippen LogP contribution < -0.4 is 5.32 Å². The van der Waals surface area contributed by atoms with Crippen molar-refractivity contribution in [3.63, 3.8) is 0 Å². The normalized spacial score (nSPS) is 11.6. The number of aliphatic hydroxyl groups excluding tert-OH is 1. The summed E-state index contributed by atoms with van der Waals surface area (Å²) < 4.78 is 42.8. The fraction of sp³-hybridized carbons (Fsp3) is 0.259. The van der Waals surface area contributed by atoms with Crippen molar-refractivity contribution in [2.24, 2.45) is 0 Å². The lowest BCUT2D eigenvalue weighted by Gasteiger charge is -2.15. The minimum Gasteiger partial charge on any atom is -0.395 e. The number of alkyl halides is 3. The number of fused-ring (bicyclic) bond motifs is 1. The molecule has 0 aliphatic heterocycles. The van der Waals surface area contributed by atoms with Crippen LogP contribution in [0.25, 0.3) is 10.9 Å². The van der Waals surface area contributed by atoms with Crippen LogP contribution in [0.5, 0.6) is 0 Å². The smallest absolute Gasteiger partial charge is 0.395 e. The Morgan fingerprint density at radius 1 is 1.10 bits per heavy atom. The topological polar surface area (TPSA) is 100 Å². The maximum Gasteiger partial charge on any atom is 0.433 e. The van der Waals surface area contributed by atoms with E-state index >= 15 is 0 Å². The summed E-state index contributed by atoms with van der Waals surface area (Å²) in [5.74, 6) is -0.928. The Bertz CT molecular complexity index is 1550. The molecule has 0 spiro atoms. The summed E-state index contributed by atoms with van der Waals surface area (Å²) in [5.41, 5.74) is 1.55. The van der Waals surface area contributed by atoms with Gasteiger partial charge in [0.1, 0.15) is 5.69 Å². The van der Waals surface area contributed by atoms with Crippen LogP contribution in [0.4, 0.5) is 18.9 Å². The second-order valence-corrected chi connectivity index (χ2v) is 9.93. The zero-order valence-electron chi connectivity index (χ0n) is 21.3. The van der Waals surface area contributed by atoms with Crippen molar-refractivity contribution < 1.29 is 27.9 Å². The molecule has 0 aliphatic carbocycles. The van der Waals surface area contributed by atoms with Gasteiger partial charge in [-0.2, -0.15) is 18.3 Å². The van der Waals surface area contributed by atoms with Gasteiger partial charge in [-0.05, 0) is 55.8 Å². The minimum atomic E-state index is -4.72. The first-order valence-electron chi connectivity index (χ1n) is 11.9. The third-order valence-corrected chi connectivity index (χ3v) is 6.73. The van der Waals surface area contributed by atoms with Crippen LogP contribution in [0.2, 0.25) is 0 Å². The fourth-order valence-corrected chi connectivity index (χ4v) is 4.50. The van der Waals surface area contributed by atoms with Crippen molar-refractivity contribution in [3.8, 4) is 0 Å². The summed E-state index contributed by atoms with van der Waals surface area (Å²) >= 11 is 3.30. The highest BCUT2D eigenvalue weighted by Crippen LogP contribution is 2.32. The van der Waals surface area contributed by atoms with E-state index in [0.29, 0.717) is 33.7 Å². The Morgan fingerprint density at radius 3 is 2.44 bits per heavy atom. The predicted molar refractivity (Wildman–Crippen MR) is 144 cm³/mol. The average Bonchev–Trinajstić information content (AvgIpc) is 3.14. The number of hydrogen-bond donors (Lipinski definition) is 2. The van der Waals surface area contributed by atoms with Crippen LogP contribution in [-0.4, -0.2) is 56.8 Å². The number of carbonyl (C=O) groups excluding carboxylic acids is 2. The third-order valence-electron chi connectivity index (χ3n) is 6.24. The van der Waals surface area contributed by atoms with Crippen LogP contribution in [0, 0.1) is 13.8 Å². The van der Waals surface area contributed by atoms with Crippen molar-refractivity contribution in [3.05, 3.63) is 86.8 Å². The number of amides is 2. The number of nitrogens with zero attached hydrogens (tertiary/aromatic N) is 4. The van der Waals surface area contributed by atoms with Gasteiger partial charge in [0.05, 0.1) is 41.3 Å². The Balaban J connectivity index is 1.59. The van der Waals surface area contributed by atoms with E-state index in [4.69, 9.17) is 5.11 Å². The number of rotatable bonds is 7. The monoisotopic (exact) mass is 603 g/mol. The molecule has 2 amide bonds. The second-order valence-electron chi connectivity index (χ2n) is 9.02. The number of hydrogen-bond acceptors (Lipinski definition) is 5. The van der Waals surface area contributed by atoms with Gasteiger partial charge >= 0.3 is 6.18 Å². The number of benzene rings is 2. The molecule has 204 valence electrons. The number of nitrogens with one attached hydrogen (secondary N) is 1. The van der Waals surface area contributed by atoms with Gasteiger partial charge in [0, 0.05) is 29.0 Å². The van der Waals surface area contributed by atoms with E-state index in [1.54, 1.807) is 62.0 Å². The Morgan fingerprint density at radius 2 is 1.79 bits per heavy atom. The highest BCUT2D eigenvalue weighted by Gasteiger charge is 2.34. The summed E-state index contributed by atoms with van der Waals surface area (Å²) in [7, 11) is 1.61. The molecule has 2 heterocycles. The number of aryl methyl sites for hydroxylation is 1. The largest absolute Gasteiger partial charge is 0.433 e. The highest BCUT2D eigenvalue weighted by atomic mass is 79.9. The van der Waals surface area contributed by atoms with Crippen molar-refractivity contribution in [1.82, 2.24) is 19.7 Å². The van der Waals surface area contributed by atoms with E-state index in [1.807, 2.05) is 0 Å². The lowest BCUT2D eigenvalue weighted by molar-refractivity contribution is -0.141. The van der Waals surface area contributed by atoms with Crippen molar-refractivity contribution in [2.45, 2.75) is 26.6 Å². The fourth-order valence-electron chi connectivity index (χ4n) is 4.14. The summed E-state index contributed by atoms with van der Waals surface area (Å²) in [4.78, 5) is 30.8. The van der Waals surface area contributed by atoms with Crippen LogP contribution in [0.15, 0.2) is 53.0 Å². The van der Waals surface area contributed by atoms with Crippen LogP contribution in [0.1, 0.15) is 43.4 Å². The quantitative estimate of drug-likeness (QED) is 0.303. The molecule has 2 aromatic carbocycles. The van der Waals surface area contributed by atoms with Gasteiger partial charge in [0.15, 0.2) is 0 Å². The van der Waals surface area contributed by atoms with Gasteiger partial charge in [0.2, 0.25) is 0 Å². The van der Waals surface area contributed by atoms with Crippen LogP contribution in [0.3, 0.4) is 0 Å². The van der Waals surface area contributed by atoms with Crippen molar-refractivity contribution in [1.29, 1.82) is 0 Å². The van der Waals surface area contributed by atoms with E-state index in [1.165, 1.54) is 11.0 Å². The van der Waals surface area contributed by atoms with Crippen molar-refractivity contribution in [2.75, 3.05) is 25.5 Å². The van der Waals surface area contributed by atoms with Gasteiger partial charge in [0.25, 0.3) is 11.8 Å². The number of pyridine rings is 1. The molecule has 12 heteroatoms. The molecule has 0 saturated heterocycles. The number of halogens is 4. The molecule has 0 aliphatic rings. The SMILES string of the molecule is Cc1nn(Cc2ccc(C(=O)N(C)CCO)cc2)c(C)c1NC(=O)c1cc(C(F)(F)F)nc2ccc(Br)cc12. The molecule has 0 atom stereocenters. The maximum atomic E-state index is 13.5. The molecule has 8 nitrogen and oxygen atoms in total. The number of aliphatic hydroxyl groups is 1. The van der Waals surface area contributed by atoms with Gasteiger partial charge in [-0.15, -0.1) is 0 Å². The number of aromatic nitrogens is 3. The molecule has 0 unspecified atom stereocenters. The average molecular weight is 604 g/mol. The predicted octanol–water partition coefficient (Wildman–Crippen LogP) is 5.19. The lowest BCUT2D eigenvalue weighted by atomic mass is 10.1. The van der Waals surface area contributed by atoms with E-state index in [2.05, 4.69) is 31.3 Å². The molecule has 0 fully saturated rings. The van der Waals surface area contributed by atoms with Crippen molar-refractivity contribution >= 4 is 44.3 Å². The molecule has 0 radical (unpaired) electrons. The molecular formula is C27H25BrF3N5O3. The maximum absolute atomic E-state index is 13.5. The first-order chi connectivity index (χ1) is 18.4. The molecule has 2 N–H and O–H groups in total. The summed E-state index contributed by atoms with van der Waals surface area (Å²) in [6.45, 7) is 3.88. The molecule has 39 heavy (non-hydrogen) atoms. The first kappa shape index (κ1) is 28.2. The standard InChI is InChI=1S/C27H25BrF3N5O3/c1-15-24(16(2)36(34-15)14-17-4-6-18(7-5-17)26(39)35(3)10-11-37)33-25(38)21-13-23(27(29,30)31)32-22-9-8-19(28)12-20(21)22/h4-9,12-13,37H,10-11,14H2,1-3H3,(H,33,38). The zero-order chi connectivity index (χ0) is 28.5. The van der Waals surface area contributed by atoms with E-state index in [-0.39, 0.29) is 35.5 Å². The van der Waals surface area contributed by atoms with Gasteiger partial charge < -0.3 is 15.3 Å². The van der Waals surface area contributed by atoms with E-state index < -0.39 is 17.8 Å². The van der Waals surface area contributed by atoms with Gasteiger partial charge in [-0.25, -0.2) is 4.98 Å². The minimum absolute atomic E-state index is 0.0480. The zero-order valence-corrected chi connectivity index (χ0v) is 22.9. The Hall–Kier alpha value is -3.77. The Labute approximate surface area is 230 Å². The second kappa shape index (κ2) is 11.1. The molecule has 0 saturated carbocycles. The summed E-state index contributed by atoms with van der Waals surface area (Å²) in [5, 5.41) is 16.5. The van der Waals surface area contributed by atoms with E-state index in [0.717, 1.165) is 11.6 Å². The van der Waals surface area contributed by atoms with Crippen LogP contribution in [-0.2, 0) is 12.7 Å².